The van der Waals surface area contributed by atoms with Crippen molar-refractivity contribution in [1.29, 1.82) is 0 Å². The molecule has 3 rings (SSSR count). The lowest BCUT2D eigenvalue weighted by Gasteiger charge is -1.96. The summed E-state index contributed by atoms with van der Waals surface area (Å²) in [4.78, 5) is 8.21. The van der Waals surface area contributed by atoms with Crippen molar-refractivity contribution in [1.82, 2.24) is 24.7 Å². The van der Waals surface area contributed by atoms with E-state index in [4.69, 9.17) is 16.1 Å². The van der Waals surface area contributed by atoms with Gasteiger partial charge in [0.15, 0.2) is 12.0 Å². The van der Waals surface area contributed by atoms with E-state index in [9.17, 15) is 0 Å². The predicted molar refractivity (Wildman–Crippen MR) is 64.5 cm³/mol. The van der Waals surface area contributed by atoms with Crippen LogP contribution in [0.5, 0.6) is 0 Å². The third kappa shape index (κ3) is 2.25. The third-order valence-corrected chi connectivity index (χ3v) is 2.55. The van der Waals surface area contributed by atoms with Gasteiger partial charge in [0.1, 0.15) is 0 Å². The molecule has 0 aliphatic rings. The van der Waals surface area contributed by atoms with Crippen molar-refractivity contribution in [3.05, 3.63) is 35.6 Å². The standard InChI is InChI=1S/C10H9ClN6O/c11-7-1-2-8-15-10(16-17(8)5-7)12-4-3-9-13-6-14-18-9/h1-2,5-6H,3-4H2,(H,12,16). The van der Waals surface area contributed by atoms with Gasteiger partial charge in [-0.2, -0.15) is 9.97 Å². The lowest BCUT2D eigenvalue weighted by Crippen LogP contribution is -2.06. The molecule has 0 aliphatic heterocycles. The van der Waals surface area contributed by atoms with E-state index in [1.54, 1.807) is 22.8 Å². The number of aromatic nitrogens is 5. The van der Waals surface area contributed by atoms with Gasteiger partial charge in [0.05, 0.1) is 5.02 Å². The van der Waals surface area contributed by atoms with Crippen LogP contribution in [0, 0.1) is 0 Å². The number of hydrogen-bond donors (Lipinski definition) is 1. The number of pyridine rings is 1. The van der Waals surface area contributed by atoms with Crippen LogP contribution in [-0.4, -0.2) is 31.3 Å². The molecule has 8 heteroatoms. The van der Waals surface area contributed by atoms with E-state index in [1.807, 2.05) is 0 Å². The summed E-state index contributed by atoms with van der Waals surface area (Å²) in [5.41, 5.74) is 0.736. The lowest BCUT2D eigenvalue weighted by molar-refractivity contribution is 0.379. The minimum absolute atomic E-state index is 0.539. The normalized spacial score (nSPS) is 10.9. The molecule has 0 amide bonds. The molecule has 0 unspecified atom stereocenters. The fraction of sp³-hybridized carbons (Fsp3) is 0.200. The molecular formula is C10H9ClN6O. The SMILES string of the molecule is Clc1ccc2nc(NCCc3ncno3)nn2c1. The second kappa shape index (κ2) is 4.61. The molecule has 3 aromatic rings. The monoisotopic (exact) mass is 264 g/mol. The summed E-state index contributed by atoms with van der Waals surface area (Å²) in [6, 6.07) is 3.58. The first-order valence-electron chi connectivity index (χ1n) is 5.32. The molecule has 0 saturated heterocycles. The van der Waals surface area contributed by atoms with Crippen molar-refractivity contribution in [2.75, 3.05) is 11.9 Å². The zero-order valence-corrected chi connectivity index (χ0v) is 10.0. The first-order valence-corrected chi connectivity index (χ1v) is 5.70. The molecule has 1 N–H and O–H groups in total. The van der Waals surface area contributed by atoms with Gasteiger partial charge in [-0.1, -0.05) is 16.8 Å². The first kappa shape index (κ1) is 11.0. The molecule has 0 aromatic carbocycles. The van der Waals surface area contributed by atoms with Crippen LogP contribution >= 0.6 is 11.6 Å². The topological polar surface area (TPSA) is 81.1 Å². The number of hydrogen-bond acceptors (Lipinski definition) is 6. The summed E-state index contributed by atoms with van der Waals surface area (Å²) < 4.78 is 6.50. The van der Waals surface area contributed by atoms with Crippen LogP contribution in [0.1, 0.15) is 5.89 Å². The smallest absolute Gasteiger partial charge is 0.243 e. The average molecular weight is 265 g/mol. The highest BCUT2D eigenvalue weighted by molar-refractivity contribution is 6.30. The second-order valence-electron chi connectivity index (χ2n) is 3.60. The van der Waals surface area contributed by atoms with E-state index in [2.05, 4.69) is 25.5 Å². The number of rotatable bonds is 4. The van der Waals surface area contributed by atoms with Gasteiger partial charge in [0, 0.05) is 19.2 Å². The van der Waals surface area contributed by atoms with E-state index in [0.29, 0.717) is 29.8 Å². The summed E-state index contributed by atoms with van der Waals surface area (Å²) in [6.07, 6.45) is 3.70. The van der Waals surface area contributed by atoms with Gasteiger partial charge in [-0.25, -0.2) is 4.52 Å². The number of fused-ring (bicyclic) bond motifs is 1. The quantitative estimate of drug-likeness (QED) is 0.767. The molecule has 0 saturated carbocycles. The molecule has 92 valence electrons. The van der Waals surface area contributed by atoms with Gasteiger partial charge >= 0.3 is 0 Å². The molecule has 7 nitrogen and oxygen atoms in total. The van der Waals surface area contributed by atoms with Crippen molar-refractivity contribution in [3.8, 4) is 0 Å². The summed E-state index contributed by atoms with van der Waals surface area (Å²) in [6.45, 7) is 0.618. The Morgan fingerprint density at radius 3 is 3.17 bits per heavy atom. The second-order valence-corrected chi connectivity index (χ2v) is 4.03. The Labute approximate surface area is 107 Å². The molecule has 3 heterocycles. The lowest BCUT2D eigenvalue weighted by atomic mass is 10.4. The average Bonchev–Trinajstić information content (AvgIpc) is 2.97. The molecule has 0 radical (unpaired) electrons. The van der Waals surface area contributed by atoms with Gasteiger partial charge in [-0.15, -0.1) is 5.10 Å². The Balaban J connectivity index is 1.67. The van der Waals surface area contributed by atoms with Gasteiger partial charge in [-0.3, -0.25) is 0 Å². The van der Waals surface area contributed by atoms with E-state index < -0.39 is 0 Å². The molecule has 0 spiro atoms. The fourth-order valence-electron chi connectivity index (χ4n) is 1.52. The number of nitrogens with one attached hydrogen (secondary N) is 1. The van der Waals surface area contributed by atoms with Gasteiger partial charge in [-0.05, 0) is 12.1 Å². The molecule has 0 bridgehead atoms. The summed E-state index contributed by atoms with van der Waals surface area (Å²) in [5.74, 6) is 1.12. The highest BCUT2D eigenvalue weighted by Gasteiger charge is 2.04. The molecule has 0 aliphatic carbocycles. The van der Waals surface area contributed by atoms with Crippen LogP contribution < -0.4 is 5.32 Å². The number of nitrogens with zero attached hydrogens (tertiary/aromatic N) is 5. The maximum absolute atomic E-state index is 5.86. The van der Waals surface area contributed by atoms with Gasteiger partial charge < -0.3 is 9.84 Å². The molecule has 18 heavy (non-hydrogen) atoms. The number of anilines is 1. The van der Waals surface area contributed by atoms with Crippen LogP contribution in [-0.2, 0) is 6.42 Å². The van der Waals surface area contributed by atoms with E-state index in [0.717, 1.165) is 5.65 Å². The van der Waals surface area contributed by atoms with E-state index in [-0.39, 0.29) is 0 Å². The molecule has 0 atom stereocenters. The summed E-state index contributed by atoms with van der Waals surface area (Å²) >= 11 is 5.86. The minimum atomic E-state index is 0.539. The number of halogens is 1. The Kier molecular flexibility index (Phi) is 2.81. The van der Waals surface area contributed by atoms with Crippen LogP contribution in [0.15, 0.2) is 29.2 Å². The summed E-state index contributed by atoms with van der Waals surface area (Å²) in [5, 5.41) is 11.5. The van der Waals surface area contributed by atoms with Crippen LogP contribution in [0.2, 0.25) is 5.02 Å². The Hall–Kier alpha value is -2.15. The highest BCUT2D eigenvalue weighted by atomic mass is 35.5. The van der Waals surface area contributed by atoms with Crippen LogP contribution in [0.3, 0.4) is 0 Å². The maximum atomic E-state index is 5.86. The van der Waals surface area contributed by atoms with Crippen molar-refractivity contribution in [3.63, 3.8) is 0 Å². The van der Waals surface area contributed by atoms with Crippen molar-refractivity contribution in [2.24, 2.45) is 0 Å². The Morgan fingerprint density at radius 1 is 1.39 bits per heavy atom. The third-order valence-electron chi connectivity index (χ3n) is 2.32. The van der Waals surface area contributed by atoms with Crippen LogP contribution in [0.25, 0.3) is 5.65 Å². The molecule has 3 aromatic heterocycles. The van der Waals surface area contributed by atoms with Crippen molar-refractivity contribution < 1.29 is 4.52 Å². The largest absolute Gasteiger partial charge is 0.352 e. The molecular weight excluding hydrogens is 256 g/mol. The zero-order valence-electron chi connectivity index (χ0n) is 9.25. The summed E-state index contributed by atoms with van der Waals surface area (Å²) in [7, 11) is 0. The van der Waals surface area contributed by atoms with Crippen molar-refractivity contribution in [2.45, 2.75) is 6.42 Å². The highest BCUT2D eigenvalue weighted by Crippen LogP contribution is 2.11. The maximum Gasteiger partial charge on any atom is 0.243 e. The minimum Gasteiger partial charge on any atom is -0.352 e. The Bertz CT molecular complexity index is 649. The van der Waals surface area contributed by atoms with Gasteiger partial charge in [0.2, 0.25) is 11.8 Å². The van der Waals surface area contributed by atoms with Gasteiger partial charge in [0.25, 0.3) is 0 Å². The van der Waals surface area contributed by atoms with E-state index in [1.165, 1.54) is 6.33 Å². The first-order chi connectivity index (χ1) is 8.81. The zero-order chi connectivity index (χ0) is 12.4. The van der Waals surface area contributed by atoms with Crippen LogP contribution in [0.4, 0.5) is 5.95 Å². The fourth-order valence-corrected chi connectivity index (χ4v) is 1.68. The predicted octanol–water partition coefficient (Wildman–Crippen LogP) is 1.42. The molecule has 0 fully saturated rings. The van der Waals surface area contributed by atoms with E-state index >= 15 is 0 Å². The Morgan fingerprint density at radius 2 is 2.33 bits per heavy atom. The van der Waals surface area contributed by atoms with Crippen molar-refractivity contribution >= 4 is 23.2 Å².